The van der Waals surface area contributed by atoms with Gasteiger partial charge in [-0.25, -0.2) is 0 Å². The monoisotopic (exact) mass is 296 g/mol. The van der Waals surface area contributed by atoms with Crippen molar-refractivity contribution in [3.05, 3.63) is 12.2 Å². The van der Waals surface area contributed by atoms with Crippen LogP contribution in [0.3, 0.4) is 0 Å². The highest BCUT2D eigenvalue weighted by Gasteiger charge is 2.50. The fraction of sp³-hybridized carbons (Fsp3) is 0.765. The first-order valence-corrected chi connectivity index (χ1v) is 7.63. The summed E-state index contributed by atoms with van der Waals surface area (Å²) in [4.78, 5) is 0. The lowest BCUT2D eigenvalue weighted by Gasteiger charge is -2.30. The van der Waals surface area contributed by atoms with Gasteiger partial charge in [-0.15, -0.1) is 0 Å². The topological polar surface area (TPSA) is 69.9 Å². The van der Waals surface area contributed by atoms with E-state index in [1.165, 1.54) is 12.2 Å². The minimum atomic E-state index is -2.03. The van der Waals surface area contributed by atoms with Crippen molar-refractivity contribution in [2.24, 2.45) is 0 Å². The van der Waals surface area contributed by atoms with Gasteiger partial charge in [-0.1, -0.05) is 11.8 Å². The van der Waals surface area contributed by atoms with Crippen molar-refractivity contribution < 1.29 is 20.1 Å². The average molecular weight is 296 g/mol. The SMILES string of the molecule is CC(C)(C)OCCCCC#CC=CC1(O)CCCC1(O)O. The van der Waals surface area contributed by atoms with Crippen molar-refractivity contribution in [1.29, 1.82) is 0 Å². The van der Waals surface area contributed by atoms with Gasteiger partial charge in [0.25, 0.3) is 0 Å². The molecular weight excluding hydrogens is 268 g/mol. The zero-order valence-electron chi connectivity index (χ0n) is 13.4. The molecule has 1 rings (SSSR count). The second-order valence-corrected chi connectivity index (χ2v) is 6.67. The van der Waals surface area contributed by atoms with Gasteiger partial charge in [-0.05, 0) is 58.6 Å². The zero-order valence-corrected chi connectivity index (χ0v) is 13.4. The Morgan fingerprint density at radius 3 is 2.43 bits per heavy atom. The number of allylic oxidation sites excluding steroid dienone is 1. The van der Waals surface area contributed by atoms with Gasteiger partial charge in [0, 0.05) is 19.4 Å². The van der Waals surface area contributed by atoms with E-state index < -0.39 is 11.4 Å². The molecule has 1 aliphatic rings. The van der Waals surface area contributed by atoms with E-state index >= 15 is 0 Å². The second kappa shape index (κ2) is 7.42. The number of unbranched alkanes of at least 4 members (excludes halogenated alkanes) is 2. The predicted octanol–water partition coefficient (Wildman–Crippen LogP) is 2.13. The van der Waals surface area contributed by atoms with Crippen molar-refractivity contribution in [3.63, 3.8) is 0 Å². The summed E-state index contributed by atoms with van der Waals surface area (Å²) in [5.74, 6) is 3.78. The maximum Gasteiger partial charge on any atom is 0.196 e. The summed E-state index contributed by atoms with van der Waals surface area (Å²) >= 11 is 0. The van der Waals surface area contributed by atoms with Crippen LogP contribution in [0, 0.1) is 11.8 Å². The molecule has 0 heterocycles. The minimum absolute atomic E-state index is 0.0910. The zero-order chi connectivity index (χ0) is 16.0. The van der Waals surface area contributed by atoms with E-state index in [-0.39, 0.29) is 12.0 Å². The quantitative estimate of drug-likeness (QED) is 0.413. The van der Waals surface area contributed by atoms with Gasteiger partial charge in [-0.3, -0.25) is 0 Å². The molecule has 0 saturated heterocycles. The van der Waals surface area contributed by atoms with E-state index in [9.17, 15) is 15.3 Å². The lowest BCUT2D eigenvalue weighted by Crippen LogP contribution is -2.48. The highest BCUT2D eigenvalue weighted by molar-refractivity contribution is 5.22. The van der Waals surface area contributed by atoms with Gasteiger partial charge in [0.05, 0.1) is 5.60 Å². The second-order valence-electron chi connectivity index (χ2n) is 6.67. The fourth-order valence-corrected chi connectivity index (χ4v) is 2.24. The molecule has 1 saturated carbocycles. The molecule has 1 unspecified atom stereocenters. The van der Waals surface area contributed by atoms with Crippen LogP contribution in [-0.2, 0) is 4.74 Å². The average Bonchev–Trinajstić information content (AvgIpc) is 2.60. The van der Waals surface area contributed by atoms with E-state index in [1.807, 2.05) is 20.8 Å². The smallest absolute Gasteiger partial charge is 0.196 e. The molecule has 120 valence electrons. The molecule has 3 N–H and O–H groups in total. The van der Waals surface area contributed by atoms with E-state index in [1.54, 1.807) is 0 Å². The lowest BCUT2D eigenvalue weighted by atomic mass is 9.96. The Kier molecular flexibility index (Phi) is 6.42. The van der Waals surface area contributed by atoms with Crippen LogP contribution in [0.1, 0.15) is 59.3 Å². The van der Waals surface area contributed by atoms with E-state index in [0.29, 0.717) is 12.8 Å². The van der Waals surface area contributed by atoms with Crippen molar-refractivity contribution in [2.45, 2.75) is 76.3 Å². The van der Waals surface area contributed by atoms with Gasteiger partial charge in [0.1, 0.15) is 5.60 Å². The Morgan fingerprint density at radius 1 is 1.14 bits per heavy atom. The van der Waals surface area contributed by atoms with Crippen molar-refractivity contribution >= 4 is 0 Å². The largest absolute Gasteiger partial charge is 0.380 e. The molecule has 4 heteroatoms. The maximum atomic E-state index is 10.1. The molecular formula is C17H28O4. The number of hydrogen-bond acceptors (Lipinski definition) is 4. The Balaban J connectivity index is 2.23. The van der Waals surface area contributed by atoms with E-state index in [0.717, 1.165) is 25.9 Å². The Morgan fingerprint density at radius 2 is 1.86 bits per heavy atom. The van der Waals surface area contributed by atoms with Crippen LogP contribution in [0.15, 0.2) is 12.2 Å². The highest BCUT2D eigenvalue weighted by Crippen LogP contribution is 2.38. The van der Waals surface area contributed by atoms with E-state index in [4.69, 9.17) is 4.74 Å². The number of ether oxygens (including phenoxy) is 1. The molecule has 0 bridgehead atoms. The molecule has 1 atom stereocenters. The first-order valence-electron chi connectivity index (χ1n) is 7.63. The number of aliphatic hydroxyl groups is 3. The van der Waals surface area contributed by atoms with Crippen LogP contribution < -0.4 is 0 Å². The fourth-order valence-electron chi connectivity index (χ4n) is 2.24. The van der Waals surface area contributed by atoms with Gasteiger partial charge in [0.2, 0.25) is 0 Å². The van der Waals surface area contributed by atoms with Crippen LogP contribution in [0.25, 0.3) is 0 Å². The normalized spacial score (nSPS) is 25.0. The lowest BCUT2D eigenvalue weighted by molar-refractivity contribution is -0.239. The van der Waals surface area contributed by atoms with E-state index in [2.05, 4.69) is 11.8 Å². The summed E-state index contributed by atoms with van der Waals surface area (Å²) in [5, 5.41) is 29.4. The van der Waals surface area contributed by atoms with Gasteiger partial charge >= 0.3 is 0 Å². The summed E-state index contributed by atoms with van der Waals surface area (Å²) in [6.45, 7) is 6.84. The van der Waals surface area contributed by atoms with Gasteiger partial charge in [-0.2, -0.15) is 0 Å². The molecule has 4 nitrogen and oxygen atoms in total. The van der Waals surface area contributed by atoms with Crippen LogP contribution in [-0.4, -0.2) is 38.9 Å². The van der Waals surface area contributed by atoms with Crippen molar-refractivity contribution in [3.8, 4) is 11.8 Å². The third-order valence-electron chi connectivity index (χ3n) is 3.55. The molecule has 0 spiro atoms. The Bertz CT molecular complexity index is 409. The molecule has 0 amide bonds. The van der Waals surface area contributed by atoms with Crippen LogP contribution in [0.5, 0.6) is 0 Å². The highest BCUT2D eigenvalue weighted by atomic mass is 16.5. The third kappa shape index (κ3) is 6.19. The first-order chi connectivity index (χ1) is 9.66. The molecule has 0 aromatic carbocycles. The summed E-state index contributed by atoms with van der Waals surface area (Å²) in [7, 11) is 0. The molecule has 0 radical (unpaired) electrons. The minimum Gasteiger partial charge on any atom is -0.380 e. The standard InChI is InChI=1S/C17H28O4/c1-15(2,3)21-14-9-7-5-4-6-8-11-16(18)12-10-13-17(16,19)20/h8,11,18-20H,5,7,9-10,12-14H2,1-3H3. The summed E-state index contributed by atoms with van der Waals surface area (Å²) in [6.07, 6.45) is 6.74. The summed E-state index contributed by atoms with van der Waals surface area (Å²) in [6, 6.07) is 0. The van der Waals surface area contributed by atoms with Crippen LogP contribution >= 0.6 is 0 Å². The summed E-state index contributed by atoms with van der Waals surface area (Å²) < 4.78 is 5.61. The molecule has 1 fully saturated rings. The van der Waals surface area contributed by atoms with Crippen LogP contribution in [0.2, 0.25) is 0 Å². The Labute approximate surface area is 127 Å². The first kappa shape index (κ1) is 18.2. The van der Waals surface area contributed by atoms with Crippen molar-refractivity contribution in [2.75, 3.05) is 6.61 Å². The molecule has 0 aromatic rings. The molecule has 0 aliphatic heterocycles. The van der Waals surface area contributed by atoms with Gasteiger partial charge in [0.15, 0.2) is 5.79 Å². The van der Waals surface area contributed by atoms with Gasteiger partial charge < -0.3 is 20.1 Å². The maximum absolute atomic E-state index is 10.1. The summed E-state index contributed by atoms with van der Waals surface area (Å²) in [5.41, 5.74) is -1.66. The van der Waals surface area contributed by atoms with Crippen LogP contribution in [0.4, 0.5) is 0 Å². The van der Waals surface area contributed by atoms with Crippen molar-refractivity contribution in [1.82, 2.24) is 0 Å². The molecule has 1 aliphatic carbocycles. The Hall–Kier alpha value is -0.860. The number of rotatable bonds is 5. The third-order valence-corrected chi connectivity index (χ3v) is 3.55. The molecule has 0 aromatic heterocycles. The molecule has 21 heavy (non-hydrogen) atoms. The number of hydrogen-bond donors (Lipinski definition) is 3. The predicted molar refractivity (Wildman–Crippen MR) is 82.4 cm³/mol.